The van der Waals surface area contributed by atoms with Crippen LogP contribution in [0.5, 0.6) is 5.75 Å². The number of alkyl halides is 1. The number of pyridine rings is 1. The van der Waals surface area contributed by atoms with Gasteiger partial charge in [0.25, 0.3) is 0 Å². The zero-order valence-corrected chi connectivity index (χ0v) is 25.1. The van der Waals surface area contributed by atoms with Crippen molar-refractivity contribution in [2.45, 2.75) is 52.4 Å². The second-order valence-corrected chi connectivity index (χ2v) is 10.8. The van der Waals surface area contributed by atoms with Crippen LogP contribution in [0.1, 0.15) is 43.0 Å². The fourth-order valence-corrected chi connectivity index (χ4v) is 5.11. The Morgan fingerprint density at radius 2 is 1.86 bits per heavy atom. The van der Waals surface area contributed by atoms with E-state index in [0.29, 0.717) is 21.3 Å². The summed E-state index contributed by atoms with van der Waals surface area (Å²) in [6.07, 6.45) is 1.80. The molecular formula is C29H27BrFN7O5. The quantitative estimate of drug-likeness (QED) is 0.169. The predicted molar refractivity (Wildman–Crippen MR) is 157 cm³/mol. The minimum Gasteiger partial charge on any atom is -0.423 e. The summed E-state index contributed by atoms with van der Waals surface area (Å²) in [5.41, 5.74) is 2.21. The van der Waals surface area contributed by atoms with Crippen molar-refractivity contribution in [2.24, 2.45) is 0 Å². The summed E-state index contributed by atoms with van der Waals surface area (Å²) in [5, 5.41) is 7.50. The highest BCUT2D eigenvalue weighted by molar-refractivity contribution is 9.10. The lowest BCUT2D eigenvalue weighted by Crippen LogP contribution is -2.44. The average Bonchev–Trinajstić information content (AvgIpc) is 3.55. The van der Waals surface area contributed by atoms with Crippen LogP contribution in [0, 0.1) is 6.92 Å². The molecule has 12 nitrogen and oxygen atoms in total. The summed E-state index contributed by atoms with van der Waals surface area (Å²) in [5.74, 6) is -1.47. The molecule has 4 aromatic rings. The molecular weight excluding hydrogens is 625 g/mol. The Labute approximate surface area is 253 Å². The highest BCUT2D eigenvalue weighted by atomic mass is 79.9. The van der Waals surface area contributed by atoms with Crippen molar-refractivity contribution in [2.75, 3.05) is 11.9 Å². The lowest BCUT2D eigenvalue weighted by atomic mass is 10.0. The molecule has 1 aromatic carbocycles. The fraction of sp³-hybridized carbons (Fsp3) is 0.310. The Bertz CT molecular complexity index is 1740. The highest BCUT2D eigenvalue weighted by Crippen LogP contribution is 2.29. The number of anilines is 1. The first-order valence-electron chi connectivity index (χ1n) is 13.5. The smallest absolute Gasteiger partial charge is 0.311 e. The number of carbonyl (C=O) groups is 4. The van der Waals surface area contributed by atoms with E-state index in [1.807, 2.05) is 0 Å². The van der Waals surface area contributed by atoms with Crippen LogP contribution >= 0.6 is 15.9 Å². The van der Waals surface area contributed by atoms with Crippen LogP contribution < -0.4 is 10.1 Å². The Morgan fingerprint density at radius 3 is 2.56 bits per heavy atom. The van der Waals surface area contributed by atoms with Gasteiger partial charge in [-0.15, -0.1) is 0 Å². The Balaban J connectivity index is 1.39. The van der Waals surface area contributed by atoms with E-state index in [4.69, 9.17) is 4.74 Å². The number of nitrogens with one attached hydrogen (secondary N) is 1. The molecule has 0 bridgehead atoms. The lowest BCUT2D eigenvalue weighted by molar-refractivity contribution is -0.137. The number of amides is 2. The molecule has 2 atom stereocenters. The lowest BCUT2D eigenvalue weighted by Gasteiger charge is -2.24. The van der Waals surface area contributed by atoms with Gasteiger partial charge in [0.1, 0.15) is 34.9 Å². The molecule has 0 radical (unpaired) electrons. The number of nitrogens with zero attached hydrogens (tertiary/aromatic N) is 6. The topological polar surface area (TPSA) is 149 Å². The molecule has 0 unspecified atom stereocenters. The largest absolute Gasteiger partial charge is 0.423 e. The second-order valence-electron chi connectivity index (χ2n) is 10.0. The first-order chi connectivity index (χ1) is 20.5. The Morgan fingerprint density at radius 1 is 1.12 bits per heavy atom. The predicted octanol–water partition coefficient (Wildman–Crippen LogP) is 4.05. The van der Waals surface area contributed by atoms with Gasteiger partial charge in [-0.25, -0.2) is 19.3 Å². The van der Waals surface area contributed by atoms with Crippen LogP contribution in [0.2, 0.25) is 0 Å². The number of ether oxygens (including phenoxy) is 1. The van der Waals surface area contributed by atoms with Gasteiger partial charge >= 0.3 is 5.97 Å². The van der Waals surface area contributed by atoms with Crippen LogP contribution in [0.3, 0.4) is 0 Å². The first-order valence-corrected chi connectivity index (χ1v) is 14.3. The third-order valence-corrected chi connectivity index (χ3v) is 7.38. The number of likely N-dealkylation sites (tertiary alicyclic amines) is 1. The maximum atomic E-state index is 14.6. The number of aromatic nitrogens is 5. The van der Waals surface area contributed by atoms with Crippen molar-refractivity contribution in [1.29, 1.82) is 0 Å². The van der Waals surface area contributed by atoms with Crippen LogP contribution in [0.4, 0.5) is 10.2 Å². The SMILES string of the molecule is CCC(=O)Oc1ccc(Br)nc1NC(=O)[C@@H]1C[C@@H](F)CN1C(=O)Cn1nc(C(C)=O)c2cc(-c3cnc(C)nc3)ccc21. The van der Waals surface area contributed by atoms with E-state index in [-0.39, 0.29) is 49.0 Å². The molecule has 1 N–H and O–H groups in total. The number of esters is 1. The molecule has 14 heteroatoms. The molecule has 1 aliphatic rings. The number of ketones is 1. The molecule has 1 fully saturated rings. The van der Waals surface area contributed by atoms with Gasteiger partial charge < -0.3 is 15.0 Å². The maximum absolute atomic E-state index is 14.6. The van der Waals surface area contributed by atoms with E-state index >= 15 is 0 Å². The third kappa shape index (κ3) is 6.43. The van der Waals surface area contributed by atoms with E-state index < -0.39 is 30.0 Å². The maximum Gasteiger partial charge on any atom is 0.311 e. The minimum atomic E-state index is -1.44. The molecule has 5 rings (SSSR count). The molecule has 4 heterocycles. The zero-order valence-electron chi connectivity index (χ0n) is 23.5. The van der Waals surface area contributed by atoms with E-state index in [2.05, 4.69) is 41.3 Å². The van der Waals surface area contributed by atoms with Crippen molar-refractivity contribution in [1.82, 2.24) is 29.6 Å². The van der Waals surface area contributed by atoms with Crippen molar-refractivity contribution >= 4 is 56.2 Å². The Kier molecular flexibility index (Phi) is 8.57. The standard InChI is InChI=1S/C29H27BrFN7O5/c1-4-26(41)43-23-7-8-24(30)34-28(23)35-29(42)22-10-19(31)13-37(22)25(40)14-38-21-6-5-17(18-11-32-16(3)33-12-18)9-20(21)27(36-38)15(2)39/h5-9,11-12,19,22H,4,10,13-14H2,1-3H3,(H,34,35,42)/t19-,22+/m1/s1. The zero-order chi connectivity index (χ0) is 30.8. The number of carbonyl (C=O) groups excluding carboxylic acids is 4. The summed E-state index contributed by atoms with van der Waals surface area (Å²) in [7, 11) is 0. The van der Waals surface area contributed by atoms with Crippen LogP contribution in [0.25, 0.3) is 22.0 Å². The van der Waals surface area contributed by atoms with Crippen LogP contribution in [0.15, 0.2) is 47.3 Å². The summed E-state index contributed by atoms with van der Waals surface area (Å²) < 4.78 is 21.6. The molecule has 222 valence electrons. The summed E-state index contributed by atoms with van der Waals surface area (Å²) in [4.78, 5) is 64.9. The molecule has 2 amide bonds. The van der Waals surface area contributed by atoms with Gasteiger partial charge in [0.15, 0.2) is 17.4 Å². The monoisotopic (exact) mass is 651 g/mol. The molecule has 1 saturated heterocycles. The number of fused-ring (bicyclic) bond motifs is 1. The molecule has 1 aliphatic heterocycles. The van der Waals surface area contributed by atoms with Crippen molar-refractivity contribution < 1.29 is 28.3 Å². The summed E-state index contributed by atoms with van der Waals surface area (Å²) in [6.45, 7) is 4.15. The molecule has 0 spiro atoms. The molecule has 43 heavy (non-hydrogen) atoms. The van der Waals surface area contributed by atoms with Crippen molar-refractivity contribution in [3.05, 3.63) is 58.8 Å². The van der Waals surface area contributed by atoms with E-state index in [1.54, 1.807) is 44.4 Å². The van der Waals surface area contributed by atoms with Gasteiger partial charge in [-0.2, -0.15) is 5.10 Å². The first kappa shape index (κ1) is 29.9. The minimum absolute atomic E-state index is 0.0208. The molecule has 0 aliphatic carbocycles. The second kappa shape index (κ2) is 12.3. The van der Waals surface area contributed by atoms with E-state index in [1.165, 1.54) is 23.7 Å². The number of rotatable bonds is 8. The summed E-state index contributed by atoms with van der Waals surface area (Å²) in [6, 6.07) is 7.18. The van der Waals surface area contributed by atoms with Crippen molar-refractivity contribution in [3.63, 3.8) is 0 Å². The average molecular weight is 652 g/mol. The fourth-order valence-electron chi connectivity index (χ4n) is 4.80. The molecule has 3 aromatic heterocycles. The highest BCUT2D eigenvalue weighted by Gasteiger charge is 2.40. The van der Waals surface area contributed by atoms with Gasteiger partial charge in [0.05, 0.1) is 12.1 Å². The van der Waals surface area contributed by atoms with E-state index in [9.17, 15) is 23.6 Å². The van der Waals surface area contributed by atoms with Gasteiger partial charge in [-0.3, -0.25) is 23.9 Å². The number of benzene rings is 1. The van der Waals surface area contributed by atoms with Gasteiger partial charge in [0.2, 0.25) is 11.8 Å². The van der Waals surface area contributed by atoms with Gasteiger partial charge in [-0.05, 0) is 52.7 Å². The number of Topliss-reactive ketones (excluding diaryl/α,β-unsaturated/α-hetero) is 1. The van der Waals surface area contributed by atoms with Gasteiger partial charge in [0, 0.05) is 43.1 Å². The normalized spacial score (nSPS) is 16.3. The number of hydrogen-bond donors (Lipinski definition) is 1. The van der Waals surface area contributed by atoms with Gasteiger partial charge in [-0.1, -0.05) is 13.0 Å². The number of halogens is 2. The Hall–Kier alpha value is -4.59. The molecule has 0 saturated carbocycles. The van der Waals surface area contributed by atoms with Crippen LogP contribution in [-0.4, -0.2) is 72.0 Å². The van der Waals surface area contributed by atoms with Crippen LogP contribution in [-0.2, 0) is 20.9 Å². The number of hydrogen-bond acceptors (Lipinski definition) is 9. The third-order valence-electron chi connectivity index (χ3n) is 6.93. The van der Waals surface area contributed by atoms with Crippen molar-refractivity contribution in [3.8, 4) is 16.9 Å². The van der Waals surface area contributed by atoms with E-state index in [0.717, 1.165) is 16.0 Å². The number of aryl methyl sites for hydroxylation is 1. The summed E-state index contributed by atoms with van der Waals surface area (Å²) >= 11 is 3.22.